The number of nitrogens with two attached hydrogens (primary N) is 1. The van der Waals surface area contributed by atoms with Crippen LogP contribution < -0.4 is 11.1 Å². The van der Waals surface area contributed by atoms with Crippen molar-refractivity contribution in [1.29, 1.82) is 0 Å². The molecule has 1 saturated heterocycles. The highest BCUT2D eigenvalue weighted by Crippen LogP contribution is 2.28. The Kier molecular flexibility index (Phi) is 2.01. The summed E-state index contributed by atoms with van der Waals surface area (Å²) in [4.78, 5) is 0. The molecule has 0 bridgehead atoms. The molecule has 0 spiro atoms. The Bertz CT molecular complexity index is 271. The van der Waals surface area contributed by atoms with Crippen molar-refractivity contribution in [2.75, 3.05) is 13.1 Å². The zero-order valence-corrected chi connectivity index (χ0v) is 7.62. The molecule has 6 heteroatoms. The normalized spacial score (nSPS) is 34.8. The third kappa shape index (κ3) is 1.31. The smallest absolute Gasteiger partial charge is 0.194 e. The summed E-state index contributed by atoms with van der Waals surface area (Å²) in [7, 11) is 0. The Balaban J connectivity index is 2.27. The summed E-state index contributed by atoms with van der Waals surface area (Å²) in [5.41, 5.74) is 5.82. The number of rotatable bonds is 1. The van der Waals surface area contributed by atoms with E-state index in [1.54, 1.807) is 0 Å². The second-order valence-corrected chi connectivity index (χ2v) is 3.63. The van der Waals surface area contributed by atoms with Gasteiger partial charge in [-0.15, -0.1) is 10.2 Å². The summed E-state index contributed by atoms with van der Waals surface area (Å²) in [6.07, 6.45) is 0.855. The molecule has 0 radical (unpaired) electrons. The molecule has 2 heterocycles. The molecule has 0 amide bonds. The van der Waals surface area contributed by atoms with E-state index in [0.29, 0.717) is 11.7 Å². The predicted octanol–water partition coefficient (Wildman–Crippen LogP) is -1.02. The number of hydrogen-bond acceptors (Lipinski definition) is 5. The average molecular weight is 182 g/mol. The van der Waals surface area contributed by atoms with Gasteiger partial charge in [-0.2, -0.15) is 5.21 Å². The van der Waals surface area contributed by atoms with Gasteiger partial charge in [0.15, 0.2) is 5.82 Å². The molecule has 0 aliphatic carbocycles. The van der Waals surface area contributed by atoms with Crippen LogP contribution in [0, 0.1) is 5.92 Å². The largest absolute Gasteiger partial charge is 0.318 e. The topological polar surface area (TPSA) is 92.5 Å². The highest BCUT2D eigenvalue weighted by molar-refractivity contribution is 5.06. The standard InChI is InChI=1S/C7H14N6/c1-5-4-9-3-2-7(5,8)6-10-12-13-11-6/h5,9H,2-4,8H2,1H3,(H,10,11,12,13). The number of tetrazole rings is 1. The number of aromatic amines is 1. The van der Waals surface area contributed by atoms with E-state index in [1.807, 2.05) is 0 Å². The van der Waals surface area contributed by atoms with E-state index < -0.39 is 5.54 Å². The number of aromatic nitrogens is 4. The van der Waals surface area contributed by atoms with E-state index in [-0.39, 0.29) is 0 Å². The van der Waals surface area contributed by atoms with Crippen molar-refractivity contribution in [1.82, 2.24) is 25.9 Å². The average Bonchev–Trinajstić information content (AvgIpc) is 2.63. The summed E-state index contributed by atoms with van der Waals surface area (Å²) in [5.74, 6) is 0.959. The van der Waals surface area contributed by atoms with Gasteiger partial charge in [0.05, 0.1) is 5.54 Å². The fourth-order valence-corrected chi connectivity index (χ4v) is 1.73. The van der Waals surface area contributed by atoms with Crippen LogP contribution in [-0.2, 0) is 5.54 Å². The minimum Gasteiger partial charge on any atom is -0.318 e. The highest BCUT2D eigenvalue weighted by atomic mass is 15.5. The van der Waals surface area contributed by atoms with Crippen molar-refractivity contribution in [2.45, 2.75) is 18.9 Å². The van der Waals surface area contributed by atoms with Crippen LogP contribution in [0.3, 0.4) is 0 Å². The van der Waals surface area contributed by atoms with E-state index in [4.69, 9.17) is 5.73 Å². The third-order valence-electron chi connectivity index (χ3n) is 2.81. The van der Waals surface area contributed by atoms with Crippen molar-refractivity contribution >= 4 is 0 Å². The second kappa shape index (κ2) is 3.04. The van der Waals surface area contributed by atoms with Crippen LogP contribution in [0.15, 0.2) is 0 Å². The van der Waals surface area contributed by atoms with Crippen molar-refractivity contribution in [2.24, 2.45) is 11.7 Å². The monoisotopic (exact) mass is 182 g/mol. The van der Waals surface area contributed by atoms with Gasteiger partial charge in [-0.25, -0.2) is 0 Å². The van der Waals surface area contributed by atoms with Crippen LogP contribution in [0.25, 0.3) is 0 Å². The zero-order valence-electron chi connectivity index (χ0n) is 7.62. The van der Waals surface area contributed by atoms with Crippen LogP contribution in [-0.4, -0.2) is 33.7 Å². The van der Waals surface area contributed by atoms with Crippen molar-refractivity contribution in [3.63, 3.8) is 0 Å². The van der Waals surface area contributed by atoms with E-state index in [9.17, 15) is 0 Å². The Morgan fingerprint density at radius 2 is 2.46 bits per heavy atom. The van der Waals surface area contributed by atoms with Gasteiger partial charge >= 0.3 is 0 Å². The lowest BCUT2D eigenvalue weighted by Crippen LogP contribution is -2.53. The zero-order chi connectivity index (χ0) is 9.31. The van der Waals surface area contributed by atoms with Crippen LogP contribution in [0.5, 0.6) is 0 Å². The summed E-state index contributed by atoms with van der Waals surface area (Å²) >= 11 is 0. The Labute approximate surface area is 76.3 Å². The van der Waals surface area contributed by atoms with Crippen molar-refractivity contribution in [3.8, 4) is 0 Å². The number of piperidine rings is 1. The van der Waals surface area contributed by atoms with Crippen molar-refractivity contribution in [3.05, 3.63) is 5.82 Å². The third-order valence-corrected chi connectivity index (χ3v) is 2.81. The molecular formula is C7H14N6. The predicted molar refractivity (Wildman–Crippen MR) is 46.7 cm³/mol. The summed E-state index contributed by atoms with van der Waals surface area (Å²) in [6.45, 7) is 3.92. The van der Waals surface area contributed by atoms with Crippen LogP contribution >= 0.6 is 0 Å². The fourth-order valence-electron chi connectivity index (χ4n) is 1.73. The van der Waals surface area contributed by atoms with E-state index in [2.05, 4.69) is 32.9 Å². The molecule has 1 aliphatic heterocycles. The lowest BCUT2D eigenvalue weighted by molar-refractivity contribution is 0.211. The van der Waals surface area contributed by atoms with Crippen LogP contribution in [0.4, 0.5) is 0 Å². The van der Waals surface area contributed by atoms with Gasteiger partial charge in [0, 0.05) is 0 Å². The quantitative estimate of drug-likeness (QED) is 0.517. The molecule has 1 fully saturated rings. The highest BCUT2D eigenvalue weighted by Gasteiger charge is 2.39. The molecule has 2 rings (SSSR count). The summed E-state index contributed by atoms with van der Waals surface area (Å²) < 4.78 is 0. The molecule has 0 saturated carbocycles. The van der Waals surface area contributed by atoms with Gasteiger partial charge in [0.25, 0.3) is 0 Å². The second-order valence-electron chi connectivity index (χ2n) is 3.63. The van der Waals surface area contributed by atoms with E-state index >= 15 is 0 Å². The van der Waals surface area contributed by atoms with E-state index in [1.165, 1.54) is 0 Å². The van der Waals surface area contributed by atoms with Gasteiger partial charge in [-0.1, -0.05) is 12.1 Å². The Morgan fingerprint density at radius 1 is 1.62 bits per heavy atom. The fraction of sp³-hybridized carbons (Fsp3) is 0.857. The SMILES string of the molecule is CC1CNCCC1(N)c1nn[nH]n1. The maximum absolute atomic E-state index is 6.24. The molecule has 2 unspecified atom stereocenters. The number of nitrogens with one attached hydrogen (secondary N) is 2. The number of H-pyrrole nitrogens is 1. The minimum atomic E-state index is -0.418. The lowest BCUT2D eigenvalue weighted by atomic mass is 9.80. The Morgan fingerprint density at radius 3 is 3.08 bits per heavy atom. The molecule has 0 aromatic carbocycles. The summed E-state index contributed by atoms with van der Waals surface area (Å²) in [6, 6.07) is 0. The van der Waals surface area contributed by atoms with Gasteiger partial charge in [0.1, 0.15) is 0 Å². The van der Waals surface area contributed by atoms with E-state index in [0.717, 1.165) is 19.5 Å². The first kappa shape index (κ1) is 8.58. The van der Waals surface area contributed by atoms with Gasteiger partial charge < -0.3 is 11.1 Å². The number of nitrogens with zero attached hydrogens (tertiary/aromatic N) is 3. The molecule has 13 heavy (non-hydrogen) atoms. The lowest BCUT2D eigenvalue weighted by Gasteiger charge is -2.36. The summed E-state index contributed by atoms with van der Waals surface area (Å²) in [5, 5.41) is 17.2. The molecule has 4 N–H and O–H groups in total. The van der Waals surface area contributed by atoms with Gasteiger partial charge in [-0.05, 0) is 25.4 Å². The first-order valence-corrected chi connectivity index (χ1v) is 4.47. The Hall–Kier alpha value is -1.01. The molecule has 6 nitrogen and oxygen atoms in total. The maximum atomic E-state index is 6.24. The maximum Gasteiger partial charge on any atom is 0.194 e. The van der Waals surface area contributed by atoms with Crippen LogP contribution in [0.1, 0.15) is 19.2 Å². The number of hydrogen-bond donors (Lipinski definition) is 3. The molecule has 1 aromatic heterocycles. The van der Waals surface area contributed by atoms with Gasteiger partial charge in [0.2, 0.25) is 0 Å². The molecular weight excluding hydrogens is 168 g/mol. The van der Waals surface area contributed by atoms with Crippen molar-refractivity contribution < 1.29 is 0 Å². The van der Waals surface area contributed by atoms with Gasteiger partial charge in [-0.3, -0.25) is 0 Å². The molecule has 1 aromatic rings. The van der Waals surface area contributed by atoms with Crippen LogP contribution in [0.2, 0.25) is 0 Å². The first-order chi connectivity index (χ1) is 6.23. The molecule has 2 atom stereocenters. The first-order valence-electron chi connectivity index (χ1n) is 4.47. The molecule has 72 valence electrons. The molecule has 1 aliphatic rings. The minimum absolute atomic E-state index is 0.332.